The van der Waals surface area contributed by atoms with Gasteiger partial charge in [0.25, 0.3) is 0 Å². The first-order valence-electron chi connectivity index (χ1n) is 17.3. The molecule has 1 saturated heterocycles. The Morgan fingerprint density at radius 2 is 1.89 bits per heavy atom. The normalized spacial score (nSPS) is 32.2. The Bertz CT molecular complexity index is 1320. The molecule has 4 aliphatic rings. The number of unbranched alkanes of at least 4 members (excludes halogenated alkanes) is 2. The topological polar surface area (TPSA) is 54.0 Å². The lowest BCUT2D eigenvalue weighted by Gasteiger charge is -2.60. The van der Waals surface area contributed by atoms with Crippen molar-refractivity contribution in [3.63, 3.8) is 0 Å². The molecule has 0 amide bonds. The molecule has 7 atom stereocenters. The highest BCUT2D eigenvalue weighted by Gasteiger charge is 2.64. The summed E-state index contributed by atoms with van der Waals surface area (Å²) in [6, 6.07) is 15.7. The summed E-state index contributed by atoms with van der Waals surface area (Å²) in [6.45, 7) is 10.2. The molecule has 3 aliphatic carbocycles. The zero-order chi connectivity index (χ0) is 31.4. The fourth-order valence-corrected chi connectivity index (χ4v) is 10.1. The summed E-state index contributed by atoms with van der Waals surface area (Å²) in [6.07, 6.45) is 14.4. The van der Waals surface area contributed by atoms with Crippen molar-refractivity contribution in [1.82, 2.24) is 0 Å². The Morgan fingerprint density at radius 3 is 2.62 bits per heavy atom. The van der Waals surface area contributed by atoms with Gasteiger partial charge in [-0.25, -0.2) is 0 Å². The number of fused-ring (bicyclic) bond motifs is 5. The summed E-state index contributed by atoms with van der Waals surface area (Å²) in [5, 5.41) is 0.199. The van der Waals surface area contributed by atoms with E-state index in [1.165, 1.54) is 41.3 Å². The zero-order valence-electron chi connectivity index (χ0n) is 27.6. The average Bonchev–Trinajstić information content (AvgIpc) is 3.39. The van der Waals surface area contributed by atoms with Crippen molar-refractivity contribution in [3.8, 4) is 11.5 Å². The van der Waals surface area contributed by atoms with Crippen LogP contribution in [-0.4, -0.2) is 43.6 Å². The first kappa shape index (κ1) is 32.7. The maximum Gasteiger partial charge on any atom is 0.185 e. The van der Waals surface area contributed by atoms with Gasteiger partial charge in [-0.2, -0.15) is 0 Å². The number of thioether (sulfide) groups is 1. The molecule has 244 valence electrons. The molecule has 6 heteroatoms. The lowest BCUT2D eigenvalue weighted by Crippen LogP contribution is -2.54. The Kier molecular flexibility index (Phi) is 10.3. The van der Waals surface area contributed by atoms with Crippen molar-refractivity contribution in [2.24, 2.45) is 16.7 Å². The van der Waals surface area contributed by atoms with Gasteiger partial charge in [0.15, 0.2) is 11.4 Å². The molecule has 2 saturated carbocycles. The molecule has 1 heterocycles. The summed E-state index contributed by atoms with van der Waals surface area (Å²) in [5.74, 6) is 3.97. The second kappa shape index (κ2) is 14.2. The van der Waals surface area contributed by atoms with Gasteiger partial charge in [0, 0.05) is 25.2 Å². The molecule has 1 aliphatic heterocycles. The van der Waals surface area contributed by atoms with E-state index in [0.29, 0.717) is 24.4 Å². The molecule has 3 fully saturated rings. The number of carbonyl (C=O) groups excluding carboxylic acids is 1. The van der Waals surface area contributed by atoms with Crippen LogP contribution < -0.4 is 9.47 Å². The lowest BCUT2D eigenvalue weighted by molar-refractivity contribution is -0.216. The van der Waals surface area contributed by atoms with Crippen molar-refractivity contribution in [2.75, 3.05) is 26.1 Å². The number of aryl methyl sites for hydroxylation is 1. The molecular formula is C39H52O5S. The third-order valence-electron chi connectivity index (χ3n) is 11.6. The van der Waals surface area contributed by atoms with E-state index in [4.69, 9.17) is 18.9 Å². The van der Waals surface area contributed by atoms with Crippen molar-refractivity contribution in [3.05, 3.63) is 71.8 Å². The van der Waals surface area contributed by atoms with Crippen LogP contribution in [0.3, 0.4) is 0 Å². The maximum absolute atomic E-state index is 11.1. The zero-order valence-corrected chi connectivity index (χ0v) is 28.4. The number of ether oxygens (including phenoxy) is 4. The molecule has 45 heavy (non-hydrogen) atoms. The fraction of sp³-hybridized carbons (Fsp3) is 0.615. The van der Waals surface area contributed by atoms with Gasteiger partial charge in [0.1, 0.15) is 11.5 Å². The van der Waals surface area contributed by atoms with E-state index in [-0.39, 0.29) is 28.3 Å². The van der Waals surface area contributed by atoms with E-state index in [2.05, 4.69) is 62.0 Å². The van der Waals surface area contributed by atoms with Crippen LogP contribution in [0.1, 0.15) is 107 Å². The molecule has 2 aromatic carbocycles. The number of hydrogen-bond donors (Lipinski definition) is 0. The largest absolute Gasteiger partial charge is 0.497 e. The van der Waals surface area contributed by atoms with E-state index >= 15 is 0 Å². The molecule has 0 radical (unpaired) electrons. The van der Waals surface area contributed by atoms with Crippen LogP contribution in [0.4, 0.5) is 0 Å². The Hall–Kier alpha value is -2.28. The van der Waals surface area contributed by atoms with E-state index in [0.717, 1.165) is 81.6 Å². The number of rotatable bonds is 12. The predicted molar refractivity (Wildman–Crippen MR) is 182 cm³/mol. The minimum absolute atomic E-state index is 0.000628. The average molecular weight is 633 g/mol. The SMILES string of the molecule is C=C[C@@]12CCc3cc(OC)ccc3[C@H]1[C@@H](c1ccc(OCCCCCSC(C)=O)cc1)C[C@]1(C)[C@@H](O[C@H]3CCCCO3)CC[C@H]12. The third-order valence-corrected chi connectivity index (χ3v) is 12.5. The van der Waals surface area contributed by atoms with E-state index in [1.807, 2.05) is 0 Å². The van der Waals surface area contributed by atoms with Gasteiger partial charge in [0.05, 0.1) is 19.8 Å². The number of hydrogen-bond acceptors (Lipinski definition) is 6. The first-order chi connectivity index (χ1) is 21.9. The highest BCUT2D eigenvalue weighted by molar-refractivity contribution is 8.13. The Balaban J connectivity index is 1.26. The van der Waals surface area contributed by atoms with Gasteiger partial charge in [-0.15, -0.1) is 6.58 Å². The van der Waals surface area contributed by atoms with Crippen LogP contribution in [0, 0.1) is 16.7 Å². The van der Waals surface area contributed by atoms with Crippen molar-refractivity contribution >= 4 is 16.9 Å². The van der Waals surface area contributed by atoms with Crippen molar-refractivity contribution in [1.29, 1.82) is 0 Å². The van der Waals surface area contributed by atoms with E-state index in [1.54, 1.807) is 14.0 Å². The second-order valence-electron chi connectivity index (χ2n) is 14.0. The molecule has 0 unspecified atom stereocenters. The summed E-state index contributed by atoms with van der Waals surface area (Å²) in [4.78, 5) is 11.1. The van der Waals surface area contributed by atoms with Gasteiger partial charge in [0.2, 0.25) is 0 Å². The molecule has 0 aromatic heterocycles. The van der Waals surface area contributed by atoms with Gasteiger partial charge in [-0.05, 0) is 134 Å². The molecule has 0 bridgehead atoms. The van der Waals surface area contributed by atoms with Crippen LogP contribution in [0.15, 0.2) is 55.1 Å². The summed E-state index contributed by atoms with van der Waals surface area (Å²) in [7, 11) is 1.76. The molecule has 0 N–H and O–H groups in total. The number of methoxy groups -OCH3 is 1. The molecule has 0 spiro atoms. The quantitative estimate of drug-likeness (QED) is 0.172. The van der Waals surface area contributed by atoms with E-state index in [9.17, 15) is 4.79 Å². The number of carbonyl (C=O) groups is 1. The minimum atomic E-state index is -0.0703. The second-order valence-corrected chi connectivity index (χ2v) is 15.3. The maximum atomic E-state index is 11.1. The summed E-state index contributed by atoms with van der Waals surface area (Å²) >= 11 is 1.42. The molecule has 6 rings (SSSR count). The lowest BCUT2D eigenvalue weighted by atomic mass is 9.44. The number of benzene rings is 2. The van der Waals surface area contributed by atoms with Crippen LogP contribution in [0.25, 0.3) is 0 Å². The Morgan fingerprint density at radius 1 is 1.07 bits per heavy atom. The number of allylic oxidation sites excluding steroid dienone is 1. The van der Waals surface area contributed by atoms with Crippen LogP contribution in [0.2, 0.25) is 0 Å². The molecule has 2 aromatic rings. The van der Waals surface area contributed by atoms with E-state index < -0.39 is 0 Å². The van der Waals surface area contributed by atoms with Gasteiger partial charge >= 0.3 is 0 Å². The minimum Gasteiger partial charge on any atom is -0.497 e. The predicted octanol–water partition coefficient (Wildman–Crippen LogP) is 9.24. The summed E-state index contributed by atoms with van der Waals surface area (Å²) in [5.41, 5.74) is 4.31. The third kappa shape index (κ3) is 6.62. The standard InChI is InChI=1S/C39H52O5S/c1-5-39-21-20-29-25-31(41-4)16-17-32(29)37(39)33(26-38(3)34(39)18-19-35(38)44-36-11-7-9-23-43-36)28-12-14-30(15-13-28)42-22-8-6-10-24-45-27(2)40/h5,12-17,25,33-37H,1,6-11,18-24,26H2,2-4H3/t33-,34-,35+,36+,37+,38+,39+/m1/s1. The van der Waals surface area contributed by atoms with Crippen LogP contribution >= 0.6 is 11.8 Å². The smallest absolute Gasteiger partial charge is 0.185 e. The Labute approximate surface area is 274 Å². The van der Waals surface area contributed by atoms with Gasteiger partial charge in [-0.1, -0.05) is 43.0 Å². The fourth-order valence-electron chi connectivity index (χ4n) is 9.46. The van der Waals surface area contributed by atoms with Crippen LogP contribution in [0.5, 0.6) is 11.5 Å². The first-order valence-corrected chi connectivity index (χ1v) is 18.3. The highest BCUT2D eigenvalue weighted by Crippen LogP contribution is 2.71. The monoisotopic (exact) mass is 632 g/mol. The summed E-state index contributed by atoms with van der Waals surface area (Å²) < 4.78 is 24.8. The van der Waals surface area contributed by atoms with Crippen LogP contribution in [-0.2, 0) is 20.7 Å². The van der Waals surface area contributed by atoms with Crippen molar-refractivity contribution in [2.45, 2.75) is 109 Å². The van der Waals surface area contributed by atoms with Gasteiger partial charge in [-0.3, -0.25) is 4.79 Å². The van der Waals surface area contributed by atoms with Gasteiger partial charge < -0.3 is 18.9 Å². The molecular weight excluding hydrogens is 580 g/mol. The highest BCUT2D eigenvalue weighted by atomic mass is 32.2. The molecule has 5 nitrogen and oxygen atoms in total. The van der Waals surface area contributed by atoms with Crippen molar-refractivity contribution < 1.29 is 23.7 Å².